The van der Waals surface area contributed by atoms with Gasteiger partial charge in [-0.2, -0.15) is 0 Å². The summed E-state index contributed by atoms with van der Waals surface area (Å²) in [6.07, 6.45) is 2.80. The number of likely N-dealkylation sites (tertiary alicyclic amines) is 1. The summed E-state index contributed by atoms with van der Waals surface area (Å²) in [5, 5.41) is 0.430. The van der Waals surface area contributed by atoms with Crippen LogP contribution in [0.15, 0.2) is 29.2 Å². The van der Waals surface area contributed by atoms with Gasteiger partial charge >= 0.3 is 5.97 Å². The molecule has 1 heterocycles. The summed E-state index contributed by atoms with van der Waals surface area (Å²) in [6, 6.07) is 5.96. The first-order chi connectivity index (χ1) is 12.7. The van der Waals surface area contributed by atoms with Crippen molar-refractivity contribution in [2.45, 2.75) is 56.5 Å². The summed E-state index contributed by atoms with van der Waals surface area (Å²) >= 11 is 5.73. The first kappa shape index (κ1) is 21.7. The van der Waals surface area contributed by atoms with Crippen molar-refractivity contribution in [3.63, 3.8) is 0 Å². The van der Waals surface area contributed by atoms with E-state index in [1.807, 2.05) is 13.8 Å². The predicted octanol–water partition coefficient (Wildman–Crippen LogP) is 2.34. The Hall–Kier alpha value is -1.64. The van der Waals surface area contributed by atoms with E-state index in [0.717, 1.165) is 19.3 Å². The van der Waals surface area contributed by atoms with Crippen molar-refractivity contribution in [2.75, 3.05) is 13.2 Å². The van der Waals surface area contributed by atoms with Gasteiger partial charge in [-0.1, -0.05) is 11.6 Å². The number of piperidine rings is 1. The molecule has 2 rings (SSSR count). The maximum atomic E-state index is 12.3. The third-order valence-corrected chi connectivity index (χ3v) is 6.31. The van der Waals surface area contributed by atoms with Crippen molar-refractivity contribution in [3.05, 3.63) is 29.3 Å². The molecule has 0 bridgehead atoms. The number of esters is 1. The first-order valence-corrected chi connectivity index (χ1v) is 10.8. The fourth-order valence-corrected chi connectivity index (χ4v) is 4.34. The highest BCUT2D eigenvalue weighted by atomic mass is 35.5. The zero-order chi connectivity index (χ0) is 20.0. The van der Waals surface area contributed by atoms with E-state index in [0.29, 0.717) is 5.02 Å². The third kappa shape index (κ3) is 6.19. The van der Waals surface area contributed by atoms with E-state index in [-0.39, 0.29) is 42.5 Å². The number of ether oxygens (including phenoxy) is 1. The molecule has 1 saturated heterocycles. The SMILES string of the molecule is C[C@@H]1CCC[C@H](C)N1C(=O)COC(=O)CCNS(=O)(=O)c1ccc(Cl)cc1. The largest absolute Gasteiger partial charge is 0.456 e. The van der Waals surface area contributed by atoms with Gasteiger partial charge in [0.05, 0.1) is 11.3 Å². The standard InChI is InChI=1S/C18H25ClN2O5S/c1-13-4-3-5-14(2)21(13)17(22)12-26-18(23)10-11-20-27(24,25)16-8-6-15(19)7-9-16/h6-9,13-14,20H,3-5,10-12H2,1-2H3/t13-,14+. The second kappa shape index (κ2) is 9.52. The van der Waals surface area contributed by atoms with E-state index >= 15 is 0 Å². The second-order valence-corrected chi connectivity index (χ2v) is 8.90. The molecule has 1 N–H and O–H groups in total. The minimum atomic E-state index is -3.73. The van der Waals surface area contributed by atoms with Crippen LogP contribution in [0.3, 0.4) is 0 Å². The Labute approximate surface area is 165 Å². The van der Waals surface area contributed by atoms with Crippen LogP contribution in [0, 0.1) is 0 Å². The van der Waals surface area contributed by atoms with Crippen LogP contribution in [0.2, 0.25) is 5.02 Å². The van der Waals surface area contributed by atoms with Gasteiger partial charge < -0.3 is 9.64 Å². The highest BCUT2D eigenvalue weighted by molar-refractivity contribution is 7.89. The van der Waals surface area contributed by atoms with Gasteiger partial charge in [-0.3, -0.25) is 9.59 Å². The van der Waals surface area contributed by atoms with Crippen LogP contribution in [-0.2, 0) is 24.3 Å². The lowest BCUT2D eigenvalue weighted by Gasteiger charge is -2.38. The number of carbonyl (C=O) groups is 2. The van der Waals surface area contributed by atoms with Gasteiger partial charge in [0.15, 0.2) is 6.61 Å². The number of hydrogen-bond acceptors (Lipinski definition) is 5. The van der Waals surface area contributed by atoms with Crippen LogP contribution in [-0.4, -0.2) is 50.4 Å². The Morgan fingerprint density at radius 3 is 2.37 bits per heavy atom. The quantitative estimate of drug-likeness (QED) is 0.688. The fourth-order valence-electron chi connectivity index (χ4n) is 3.19. The molecule has 27 heavy (non-hydrogen) atoms. The molecule has 0 spiro atoms. The van der Waals surface area contributed by atoms with Crippen LogP contribution in [0.1, 0.15) is 39.5 Å². The fraction of sp³-hybridized carbons (Fsp3) is 0.556. The number of halogens is 1. The number of rotatable bonds is 7. The van der Waals surface area contributed by atoms with Gasteiger partial charge in [0, 0.05) is 23.7 Å². The molecule has 0 aliphatic carbocycles. The Bertz CT molecular complexity index is 756. The monoisotopic (exact) mass is 416 g/mol. The van der Waals surface area contributed by atoms with Crippen molar-refractivity contribution in [3.8, 4) is 0 Å². The van der Waals surface area contributed by atoms with Gasteiger partial charge in [0.2, 0.25) is 10.0 Å². The molecule has 0 aromatic heterocycles. The Morgan fingerprint density at radius 2 is 1.78 bits per heavy atom. The van der Waals surface area contributed by atoms with Crippen LogP contribution >= 0.6 is 11.6 Å². The molecule has 1 aliphatic heterocycles. The van der Waals surface area contributed by atoms with E-state index in [2.05, 4.69) is 4.72 Å². The molecule has 1 amide bonds. The van der Waals surface area contributed by atoms with Gasteiger partial charge in [-0.15, -0.1) is 0 Å². The van der Waals surface area contributed by atoms with Crippen molar-refractivity contribution < 1.29 is 22.7 Å². The molecular formula is C18H25ClN2O5S. The third-order valence-electron chi connectivity index (χ3n) is 4.58. The average molecular weight is 417 g/mol. The zero-order valence-electron chi connectivity index (χ0n) is 15.5. The lowest BCUT2D eigenvalue weighted by Crippen LogP contribution is -2.49. The molecule has 7 nitrogen and oxygen atoms in total. The lowest BCUT2D eigenvalue weighted by molar-refractivity contribution is -0.154. The van der Waals surface area contributed by atoms with Crippen LogP contribution in [0.5, 0.6) is 0 Å². The van der Waals surface area contributed by atoms with Crippen molar-refractivity contribution >= 4 is 33.5 Å². The van der Waals surface area contributed by atoms with E-state index < -0.39 is 16.0 Å². The molecule has 1 aromatic rings. The summed E-state index contributed by atoms with van der Waals surface area (Å²) in [7, 11) is -3.73. The highest BCUT2D eigenvalue weighted by Crippen LogP contribution is 2.22. The van der Waals surface area contributed by atoms with Crippen molar-refractivity contribution in [2.24, 2.45) is 0 Å². The van der Waals surface area contributed by atoms with Crippen molar-refractivity contribution in [1.29, 1.82) is 0 Å². The highest BCUT2D eigenvalue weighted by Gasteiger charge is 2.29. The molecule has 0 unspecified atom stereocenters. The van der Waals surface area contributed by atoms with E-state index in [4.69, 9.17) is 16.3 Å². The molecule has 2 atom stereocenters. The molecule has 1 aromatic carbocycles. The second-order valence-electron chi connectivity index (χ2n) is 6.69. The zero-order valence-corrected chi connectivity index (χ0v) is 17.1. The van der Waals surface area contributed by atoms with E-state index in [1.54, 1.807) is 4.90 Å². The number of carbonyl (C=O) groups excluding carboxylic acids is 2. The van der Waals surface area contributed by atoms with Gasteiger partial charge in [0.25, 0.3) is 5.91 Å². The average Bonchev–Trinajstić information content (AvgIpc) is 2.60. The van der Waals surface area contributed by atoms with E-state index in [1.165, 1.54) is 24.3 Å². The summed E-state index contributed by atoms with van der Waals surface area (Å²) in [6.45, 7) is 3.54. The number of amides is 1. The normalized spacial score (nSPS) is 20.3. The van der Waals surface area contributed by atoms with E-state index in [9.17, 15) is 18.0 Å². The number of sulfonamides is 1. The summed E-state index contributed by atoms with van der Waals surface area (Å²) < 4.78 is 31.5. The summed E-state index contributed by atoms with van der Waals surface area (Å²) in [5.41, 5.74) is 0. The van der Waals surface area contributed by atoms with Gasteiger partial charge in [-0.25, -0.2) is 13.1 Å². The first-order valence-electron chi connectivity index (χ1n) is 8.92. The summed E-state index contributed by atoms with van der Waals surface area (Å²) in [5.74, 6) is -0.843. The molecule has 1 aliphatic rings. The molecule has 1 fully saturated rings. The Balaban J connectivity index is 1.76. The molecule has 0 radical (unpaired) electrons. The number of nitrogens with one attached hydrogen (secondary N) is 1. The van der Waals surface area contributed by atoms with Gasteiger partial charge in [-0.05, 0) is 57.4 Å². The Kier molecular flexibility index (Phi) is 7.64. The predicted molar refractivity (Wildman–Crippen MR) is 102 cm³/mol. The number of benzene rings is 1. The molecular weight excluding hydrogens is 392 g/mol. The smallest absolute Gasteiger partial charge is 0.307 e. The Morgan fingerprint density at radius 1 is 1.19 bits per heavy atom. The number of nitrogens with zero attached hydrogens (tertiary/aromatic N) is 1. The lowest BCUT2D eigenvalue weighted by atomic mass is 9.97. The van der Waals surface area contributed by atoms with Crippen LogP contribution < -0.4 is 4.72 Å². The summed E-state index contributed by atoms with van der Waals surface area (Å²) in [4.78, 5) is 25.9. The maximum Gasteiger partial charge on any atom is 0.307 e. The minimum Gasteiger partial charge on any atom is -0.456 e. The molecule has 0 saturated carbocycles. The topological polar surface area (TPSA) is 92.8 Å². The molecule has 9 heteroatoms. The van der Waals surface area contributed by atoms with Gasteiger partial charge in [0.1, 0.15) is 0 Å². The molecule has 150 valence electrons. The van der Waals surface area contributed by atoms with Crippen LogP contribution in [0.25, 0.3) is 0 Å². The van der Waals surface area contributed by atoms with Crippen LogP contribution in [0.4, 0.5) is 0 Å². The minimum absolute atomic E-state index is 0.0588. The maximum absolute atomic E-state index is 12.3. The van der Waals surface area contributed by atoms with Crippen molar-refractivity contribution in [1.82, 2.24) is 9.62 Å². The number of hydrogen-bond donors (Lipinski definition) is 1.